The van der Waals surface area contributed by atoms with E-state index >= 15 is 0 Å². The van der Waals surface area contributed by atoms with E-state index in [1.165, 1.54) is 0 Å². The second-order valence-electron chi connectivity index (χ2n) is 4.30. The largest absolute Gasteiger partial charge is 0.326 e. The summed E-state index contributed by atoms with van der Waals surface area (Å²) in [7, 11) is 0. The van der Waals surface area contributed by atoms with Crippen LogP contribution in [-0.2, 0) is 11.2 Å². The van der Waals surface area contributed by atoms with E-state index in [0.29, 0.717) is 12.3 Å². The fraction of sp³-hybridized carbons (Fsp3) is 0.462. The Morgan fingerprint density at radius 3 is 2.69 bits per heavy atom. The lowest BCUT2D eigenvalue weighted by atomic mass is 10.1. The molecule has 1 aromatic carbocycles. The quantitative estimate of drug-likeness (QED) is 0.889. The molecule has 1 rings (SSSR count). The van der Waals surface area contributed by atoms with Gasteiger partial charge in [-0.25, -0.2) is 0 Å². The monoisotopic (exact) mass is 283 g/mol. The van der Waals surface area contributed by atoms with Crippen molar-refractivity contribution in [3.05, 3.63) is 28.2 Å². The maximum atomic E-state index is 11.7. The first-order valence-corrected chi connectivity index (χ1v) is 6.40. The van der Waals surface area contributed by atoms with Gasteiger partial charge in [-0.3, -0.25) is 4.79 Å². The highest BCUT2D eigenvalue weighted by atomic mass is 79.9. The van der Waals surface area contributed by atoms with Gasteiger partial charge in [-0.15, -0.1) is 0 Å². The summed E-state index contributed by atoms with van der Waals surface area (Å²) >= 11 is 3.43. The first-order valence-electron chi connectivity index (χ1n) is 5.61. The third-order valence-corrected chi connectivity index (χ3v) is 2.81. The minimum Gasteiger partial charge on any atom is -0.326 e. The number of halogens is 1. The predicted molar refractivity (Wildman–Crippen MR) is 71.6 cm³/mol. The molecule has 0 saturated heterocycles. The number of benzene rings is 1. The Morgan fingerprint density at radius 1 is 1.44 bits per heavy atom. The first kappa shape index (κ1) is 13.2. The zero-order valence-electron chi connectivity index (χ0n) is 10.0. The third-order valence-electron chi connectivity index (χ3n) is 2.32. The van der Waals surface area contributed by atoms with E-state index in [-0.39, 0.29) is 5.91 Å². The van der Waals surface area contributed by atoms with Crippen LogP contribution in [0.4, 0.5) is 5.69 Å². The van der Waals surface area contributed by atoms with E-state index in [1.807, 2.05) is 32.0 Å². The smallest absolute Gasteiger partial charge is 0.224 e. The van der Waals surface area contributed by atoms with Crippen molar-refractivity contribution in [2.75, 3.05) is 5.32 Å². The van der Waals surface area contributed by atoms with Gasteiger partial charge in [0.1, 0.15) is 0 Å². The van der Waals surface area contributed by atoms with Crippen molar-refractivity contribution in [1.29, 1.82) is 0 Å². The van der Waals surface area contributed by atoms with Gasteiger partial charge in [0.05, 0.1) is 0 Å². The van der Waals surface area contributed by atoms with Crippen molar-refractivity contribution in [1.82, 2.24) is 0 Å². The summed E-state index contributed by atoms with van der Waals surface area (Å²) in [6.07, 6.45) is 1.48. The molecule has 88 valence electrons. The van der Waals surface area contributed by atoms with E-state index in [0.717, 1.165) is 22.1 Å². The number of amides is 1. The lowest BCUT2D eigenvalue weighted by molar-refractivity contribution is -0.116. The van der Waals surface area contributed by atoms with Crippen molar-refractivity contribution in [2.24, 2.45) is 5.92 Å². The van der Waals surface area contributed by atoms with Crippen molar-refractivity contribution < 1.29 is 4.79 Å². The van der Waals surface area contributed by atoms with Crippen LogP contribution in [0.3, 0.4) is 0 Å². The van der Waals surface area contributed by atoms with Crippen LogP contribution in [0.5, 0.6) is 0 Å². The van der Waals surface area contributed by atoms with Gasteiger partial charge >= 0.3 is 0 Å². The highest BCUT2D eigenvalue weighted by Crippen LogP contribution is 2.22. The van der Waals surface area contributed by atoms with Crippen molar-refractivity contribution in [3.8, 4) is 0 Å². The average molecular weight is 284 g/mol. The molecule has 0 aliphatic heterocycles. The van der Waals surface area contributed by atoms with Gasteiger partial charge in [0, 0.05) is 16.6 Å². The second-order valence-corrected chi connectivity index (χ2v) is 5.22. The van der Waals surface area contributed by atoms with Gasteiger partial charge in [-0.2, -0.15) is 0 Å². The maximum Gasteiger partial charge on any atom is 0.224 e. The summed E-state index contributed by atoms with van der Waals surface area (Å²) in [4.78, 5) is 11.7. The summed E-state index contributed by atoms with van der Waals surface area (Å²) in [6.45, 7) is 6.17. The van der Waals surface area contributed by atoms with Crippen molar-refractivity contribution >= 4 is 27.5 Å². The lowest BCUT2D eigenvalue weighted by Crippen LogP contribution is -2.14. The molecule has 0 aliphatic rings. The van der Waals surface area contributed by atoms with E-state index in [1.54, 1.807) is 0 Å². The molecule has 0 aliphatic carbocycles. The Labute approximate surface area is 106 Å². The van der Waals surface area contributed by atoms with Crippen LogP contribution in [0.2, 0.25) is 0 Å². The number of carbonyl (C=O) groups excluding carboxylic acids is 1. The van der Waals surface area contributed by atoms with Crippen LogP contribution < -0.4 is 5.32 Å². The molecule has 0 bridgehead atoms. The third kappa shape index (κ3) is 3.97. The molecule has 0 spiro atoms. The van der Waals surface area contributed by atoms with Crippen LogP contribution in [0.1, 0.15) is 32.8 Å². The lowest BCUT2D eigenvalue weighted by Gasteiger charge is -2.11. The SMILES string of the molecule is CCc1cc(Br)ccc1NC(=O)CC(C)C. The number of hydrogen-bond donors (Lipinski definition) is 1. The Balaban J connectivity index is 2.76. The molecule has 0 heterocycles. The van der Waals surface area contributed by atoms with E-state index in [9.17, 15) is 4.79 Å². The zero-order valence-corrected chi connectivity index (χ0v) is 11.6. The van der Waals surface area contributed by atoms with E-state index in [2.05, 4.69) is 28.2 Å². The molecule has 3 heteroatoms. The van der Waals surface area contributed by atoms with Crippen molar-refractivity contribution in [3.63, 3.8) is 0 Å². The first-order chi connectivity index (χ1) is 7.52. The average Bonchev–Trinajstić information content (AvgIpc) is 2.19. The van der Waals surface area contributed by atoms with Crippen LogP contribution in [0.25, 0.3) is 0 Å². The molecule has 0 unspecified atom stereocenters. The molecule has 0 saturated carbocycles. The van der Waals surface area contributed by atoms with Crippen molar-refractivity contribution in [2.45, 2.75) is 33.6 Å². The maximum absolute atomic E-state index is 11.7. The van der Waals surface area contributed by atoms with Gasteiger partial charge in [0.2, 0.25) is 5.91 Å². The Morgan fingerprint density at radius 2 is 2.12 bits per heavy atom. The predicted octanol–water partition coefficient (Wildman–Crippen LogP) is 4.00. The standard InChI is InChI=1S/C13H18BrNO/c1-4-10-8-11(14)5-6-12(10)15-13(16)7-9(2)3/h5-6,8-9H,4,7H2,1-3H3,(H,15,16). The Kier molecular flexibility index (Phi) is 5.00. The highest BCUT2D eigenvalue weighted by molar-refractivity contribution is 9.10. The summed E-state index contributed by atoms with van der Waals surface area (Å²) < 4.78 is 1.05. The fourth-order valence-corrected chi connectivity index (χ4v) is 1.96. The Bertz CT molecular complexity index is 374. The van der Waals surface area contributed by atoms with Crippen LogP contribution in [-0.4, -0.2) is 5.91 Å². The number of anilines is 1. The molecule has 0 aromatic heterocycles. The molecule has 1 amide bonds. The zero-order chi connectivity index (χ0) is 12.1. The summed E-state index contributed by atoms with van der Waals surface area (Å²) in [5, 5.41) is 2.96. The molecule has 1 aromatic rings. The van der Waals surface area contributed by atoms with E-state index in [4.69, 9.17) is 0 Å². The normalized spacial score (nSPS) is 10.6. The van der Waals surface area contributed by atoms with Gasteiger partial charge in [-0.1, -0.05) is 36.7 Å². The summed E-state index contributed by atoms with van der Waals surface area (Å²) in [6, 6.07) is 5.94. The minimum absolute atomic E-state index is 0.0898. The summed E-state index contributed by atoms with van der Waals surface area (Å²) in [5.74, 6) is 0.479. The van der Waals surface area contributed by atoms with Crippen LogP contribution >= 0.6 is 15.9 Å². The highest BCUT2D eigenvalue weighted by Gasteiger charge is 2.08. The minimum atomic E-state index is 0.0898. The van der Waals surface area contributed by atoms with Gasteiger partial charge in [0.15, 0.2) is 0 Å². The fourth-order valence-electron chi connectivity index (χ4n) is 1.55. The molecule has 0 atom stereocenters. The molecule has 0 radical (unpaired) electrons. The van der Waals surface area contributed by atoms with Gasteiger partial charge in [0.25, 0.3) is 0 Å². The number of carbonyl (C=O) groups is 1. The number of hydrogen-bond acceptors (Lipinski definition) is 1. The number of aryl methyl sites for hydroxylation is 1. The molecular formula is C13H18BrNO. The molecular weight excluding hydrogens is 266 g/mol. The van der Waals surface area contributed by atoms with Crippen LogP contribution in [0, 0.1) is 5.92 Å². The molecule has 1 N–H and O–H groups in total. The topological polar surface area (TPSA) is 29.1 Å². The molecule has 0 fully saturated rings. The van der Waals surface area contributed by atoms with Crippen LogP contribution in [0.15, 0.2) is 22.7 Å². The van der Waals surface area contributed by atoms with E-state index < -0.39 is 0 Å². The molecule has 16 heavy (non-hydrogen) atoms. The Hall–Kier alpha value is -0.830. The van der Waals surface area contributed by atoms with Gasteiger partial charge < -0.3 is 5.32 Å². The van der Waals surface area contributed by atoms with Gasteiger partial charge in [-0.05, 0) is 36.1 Å². The number of rotatable bonds is 4. The number of nitrogens with one attached hydrogen (secondary N) is 1. The second kappa shape index (κ2) is 6.04. The summed E-state index contributed by atoms with van der Waals surface area (Å²) in [5.41, 5.74) is 2.09. The molecule has 2 nitrogen and oxygen atoms in total.